The molecule has 0 aliphatic heterocycles. The van der Waals surface area contributed by atoms with E-state index >= 15 is 0 Å². The summed E-state index contributed by atoms with van der Waals surface area (Å²) in [6, 6.07) is 6.14. The first-order valence-electron chi connectivity index (χ1n) is 5.72. The van der Waals surface area contributed by atoms with Gasteiger partial charge in [-0.05, 0) is 34.1 Å². The lowest BCUT2D eigenvalue weighted by Crippen LogP contribution is -2.03. The van der Waals surface area contributed by atoms with Crippen LogP contribution >= 0.6 is 27.5 Å². The van der Waals surface area contributed by atoms with Gasteiger partial charge in [-0.15, -0.1) is 0 Å². The van der Waals surface area contributed by atoms with Crippen molar-refractivity contribution in [2.75, 3.05) is 5.32 Å². The Morgan fingerprint density at radius 1 is 1.26 bits per heavy atom. The van der Waals surface area contributed by atoms with Gasteiger partial charge in [0.25, 0.3) is 0 Å². The lowest BCUT2D eigenvalue weighted by molar-refractivity contribution is 0.632. The van der Waals surface area contributed by atoms with Crippen molar-refractivity contribution in [1.82, 2.24) is 9.97 Å². The van der Waals surface area contributed by atoms with Crippen molar-refractivity contribution in [3.8, 4) is 0 Å². The number of halogens is 3. The van der Waals surface area contributed by atoms with E-state index in [0.717, 1.165) is 0 Å². The first kappa shape index (κ1) is 14.2. The average Bonchev–Trinajstić information content (AvgIpc) is 2.32. The molecule has 0 spiro atoms. The van der Waals surface area contributed by atoms with Crippen LogP contribution in [0.25, 0.3) is 0 Å². The van der Waals surface area contributed by atoms with Gasteiger partial charge >= 0.3 is 0 Å². The maximum absolute atomic E-state index is 13.7. The van der Waals surface area contributed by atoms with Crippen LogP contribution in [0.2, 0.25) is 5.02 Å². The second-order valence-corrected chi connectivity index (χ2v) is 5.59. The van der Waals surface area contributed by atoms with Gasteiger partial charge in [0.05, 0.1) is 5.69 Å². The van der Waals surface area contributed by atoms with Gasteiger partial charge in [-0.25, -0.2) is 14.4 Å². The quantitative estimate of drug-likeness (QED) is 0.805. The summed E-state index contributed by atoms with van der Waals surface area (Å²) >= 11 is 9.03. The van der Waals surface area contributed by atoms with Crippen LogP contribution in [0.5, 0.6) is 0 Å². The smallest absolute Gasteiger partial charge is 0.148 e. The summed E-state index contributed by atoms with van der Waals surface area (Å²) in [7, 11) is 0. The Hall–Kier alpha value is -1.20. The predicted molar refractivity (Wildman–Crippen MR) is 78.5 cm³/mol. The van der Waals surface area contributed by atoms with Crippen molar-refractivity contribution in [3.63, 3.8) is 0 Å². The van der Waals surface area contributed by atoms with Crippen LogP contribution in [0.3, 0.4) is 0 Å². The summed E-state index contributed by atoms with van der Waals surface area (Å²) in [4.78, 5) is 8.60. The van der Waals surface area contributed by atoms with E-state index in [9.17, 15) is 4.39 Å². The van der Waals surface area contributed by atoms with Gasteiger partial charge in [0, 0.05) is 17.0 Å². The fourth-order valence-corrected chi connectivity index (χ4v) is 2.04. The van der Waals surface area contributed by atoms with E-state index in [4.69, 9.17) is 11.6 Å². The summed E-state index contributed by atoms with van der Waals surface area (Å²) in [5.41, 5.74) is 0.324. The van der Waals surface area contributed by atoms with E-state index in [1.54, 1.807) is 18.2 Å². The van der Waals surface area contributed by atoms with E-state index in [0.29, 0.717) is 27.0 Å². The SMILES string of the molecule is CC(C)c1nc(Br)cc(Nc2ccc(Cl)cc2F)n1. The normalized spacial score (nSPS) is 10.8. The van der Waals surface area contributed by atoms with Gasteiger partial charge in [-0.2, -0.15) is 0 Å². The predicted octanol–water partition coefficient (Wildman–Crippen LogP) is 4.90. The van der Waals surface area contributed by atoms with E-state index in [1.807, 2.05) is 13.8 Å². The van der Waals surface area contributed by atoms with Crippen molar-refractivity contribution < 1.29 is 4.39 Å². The van der Waals surface area contributed by atoms with Gasteiger partial charge in [-0.1, -0.05) is 25.4 Å². The highest BCUT2D eigenvalue weighted by atomic mass is 79.9. The van der Waals surface area contributed by atoms with Crippen LogP contribution in [-0.4, -0.2) is 9.97 Å². The number of anilines is 2. The Morgan fingerprint density at radius 2 is 2.00 bits per heavy atom. The molecule has 1 heterocycles. The van der Waals surface area contributed by atoms with E-state index in [-0.39, 0.29) is 5.92 Å². The number of rotatable bonds is 3. The van der Waals surface area contributed by atoms with Crippen molar-refractivity contribution in [3.05, 3.63) is 45.5 Å². The molecule has 6 heteroatoms. The van der Waals surface area contributed by atoms with Crippen LogP contribution in [-0.2, 0) is 0 Å². The van der Waals surface area contributed by atoms with E-state index < -0.39 is 5.82 Å². The maximum Gasteiger partial charge on any atom is 0.148 e. The number of benzene rings is 1. The highest BCUT2D eigenvalue weighted by molar-refractivity contribution is 9.10. The number of hydrogen-bond donors (Lipinski definition) is 1. The highest BCUT2D eigenvalue weighted by Gasteiger charge is 2.09. The molecule has 2 aromatic rings. The summed E-state index contributed by atoms with van der Waals surface area (Å²) in [6.45, 7) is 3.99. The fraction of sp³-hybridized carbons (Fsp3) is 0.231. The molecule has 1 aromatic carbocycles. The minimum absolute atomic E-state index is 0.188. The minimum atomic E-state index is -0.423. The molecule has 100 valence electrons. The molecule has 0 radical (unpaired) electrons. The molecule has 19 heavy (non-hydrogen) atoms. The van der Waals surface area contributed by atoms with Gasteiger partial charge in [0.15, 0.2) is 0 Å². The first-order valence-corrected chi connectivity index (χ1v) is 6.89. The van der Waals surface area contributed by atoms with E-state index in [2.05, 4.69) is 31.2 Å². The van der Waals surface area contributed by atoms with Gasteiger partial charge in [0.1, 0.15) is 22.1 Å². The molecule has 1 N–H and O–H groups in total. The Bertz CT molecular complexity index is 604. The number of hydrogen-bond acceptors (Lipinski definition) is 3. The van der Waals surface area contributed by atoms with Gasteiger partial charge in [0.2, 0.25) is 0 Å². The maximum atomic E-state index is 13.7. The van der Waals surface area contributed by atoms with Crippen LogP contribution in [0.1, 0.15) is 25.6 Å². The molecule has 0 aliphatic rings. The van der Waals surface area contributed by atoms with Crippen LogP contribution in [0.4, 0.5) is 15.9 Å². The molecule has 0 aliphatic carbocycles. The number of nitrogens with zero attached hydrogens (tertiary/aromatic N) is 2. The molecule has 2 rings (SSSR count). The number of aromatic nitrogens is 2. The van der Waals surface area contributed by atoms with Crippen molar-refractivity contribution in [1.29, 1.82) is 0 Å². The Balaban J connectivity index is 2.32. The standard InChI is InChI=1S/C13H12BrClFN3/c1-7(2)13-18-11(14)6-12(19-13)17-10-4-3-8(15)5-9(10)16/h3-7H,1-2H3,(H,17,18,19). The van der Waals surface area contributed by atoms with Crippen LogP contribution < -0.4 is 5.32 Å². The van der Waals surface area contributed by atoms with Crippen molar-refractivity contribution >= 4 is 39.0 Å². The Labute approximate surface area is 124 Å². The Kier molecular flexibility index (Phi) is 4.37. The monoisotopic (exact) mass is 343 g/mol. The summed E-state index contributed by atoms with van der Waals surface area (Å²) in [5.74, 6) is 0.986. The minimum Gasteiger partial charge on any atom is -0.338 e. The fourth-order valence-electron chi connectivity index (χ4n) is 1.49. The highest BCUT2D eigenvalue weighted by Crippen LogP contribution is 2.24. The average molecular weight is 345 g/mol. The van der Waals surface area contributed by atoms with Crippen LogP contribution in [0, 0.1) is 5.82 Å². The third kappa shape index (κ3) is 3.64. The van der Waals surface area contributed by atoms with Crippen molar-refractivity contribution in [2.24, 2.45) is 0 Å². The summed E-state index contributed by atoms with van der Waals surface area (Å²) in [5, 5.41) is 3.28. The topological polar surface area (TPSA) is 37.8 Å². The third-order valence-electron chi connectivity index (χ3n) is 2.42. The molecule has 0 fully saturated rings. The second kappa shape index (κ2) is 5.84. The molecule has 0 saturated carbocycles. The largest absolute Gasteiger partial charge is 0.338 e. The molecule has 1 aromatic heterocycles. The molecular formula is C13H12BrClFN3. The zero-order valence-electron chi connectivity index (χ0n) is 10.4. The number of nitrogens with one attached hydrogen (secondary N) is 1. The lowest BCUT2D eigenvalue weighted by atomic mass is 10.2. The van der Waals surface area contributed by atoms with Crippen molar-refractivity contribution in [2.45, 2.75) is 19.8 Å². The molecule has 0 amide bonds. The molecule has 0 saturated heterocycles. The zero-order chi connectivity index (χ0) is 14.0. The van der Waals surface area contributed by atoms with Crippen LogP contribution in [0.15, 0.2) is 28.9 Å². The molecule has 3 nitrogen and oxygen atoms in total. The lowest BCUT2D eigenvalue weighted by Gasteiger charge is -2.10. The third-order valence-corrected chi connectivity index (χ3v) is 3.06. The van der Waals surface area contributed by atoms with E-state index in [1.165, 1.54) is 6.07 Å². The Morgan fingerprint density at radius 3 is 2.63 bits per heavy atom. The van der Waals surface area contributed by atoms with Gasteiger partial charge in [-0.3, -0.25) is 0 Å². The van der Waals surface area contributed by atoms with Gasteiger partial charge < -0.3 is 5.32 Å². The molecular weight excluding hydrogens is 333 g/mol. The second-order valence-electron chi connectivity index (χ2n) is 4.34. The molecule has 0 unspecified atom stereocenters. The molecule has 0 atom stereocenters. The molecule has 0 bridgehead atoms. The summed E-state index contributed by atoms with van der Waals surface area (Å²) in [6.07, 6.45) is 0. The summed E-state index contributed by atoms with van der Waals surface area (Å²) < 4.78 is 14.3. The zero-order valence-corrected chi connectivity index (χ0v) is 12.8. The first-order chi connectivity index (χ1) is 8.95.